The van der Waals surface area contributed by atoms with Crippen LogP contribution in [0.15, 0.2) is 37.0 Å². The number of carbonyl (C=O) groups is 2. The molecule has 5 heteroatoms. The van der Waals surface area contributed by atoms with Crippen molar-refractivity contribution in [2.75, 3.05) is 0 Å². The Kier molecular flexibility index (Phi) is 5.91. The van der Waals surface area contributed by atoms with Gasteiger partial charge in [0.2, 0.25) is 0 Å². The van der Waals surface area contributed by atoms with Gasteiger partial charge in [-0.25, -0.2) is 4.79 Å². The standard InChI is InChI=1S/C12H16O5/c1-3-5-12(17,6-4-2)9(7-10(13)14)8-11(15)16/h3-4,7,17H,1-2,5-6,8H2,(H,13,14)(H,15,16)/b9-7+. The van der Waals surface area contributed by atoms with E-state index in [1.165, 1.54) is 12.2 Å². The van der Waals surface area contributed by atoms with Crippen LogP contribution in [0.5, 0.6) is 0 Å². The number of aliphatic carboxylic acids is 2. The summed E-state index contributed by atoms with van der Waals surface area (Å²) in [7, 11) is 0. The molecule has 0 saturated carbocycles. The summed E-state index contributed by atoms with van der Waals surface area (Å²) in [6.45, 7) is 6.90. The molecule has 0 aliphatic carbocycles. The van der Waals surface area contributed by atoms with E-state index >= 15 is 0 Å². The highest BCUT2D eigenvalue weighted by molar-refractivity contribution is 5.83. The van der Waals surface area contributed by atoms with Gasteiger partial charge in [-0.05, 0) is 18.4 Å². The SMILES string of the molecule is C=CCC(O)(CC=C)/C(=C/C(=O)O)CC(=O)O. The van der Waals surface area contributed by atoms with Crippen molar-refractivity contribution in [2.24, 2.45) is 0 Å². The lowest BCUT2D eigenvalue weighted by Gasteiger charge is -2.28. The summed E-state index contributed by atoms with van der Waals surface area (Å²) in [5, 5.41) is 27.6. The van der Waals surface area contributed by atoms with Crippen molar-refractivity contribution in [1.82, 2.24) is 0 Å². The molecule has 0 fully saturated rings. The van der Waals surface area contributed by atoms with Crippen LogP contribution >= 0.6 is 0 Å². The van der Waals surface area contributed by atoms with Crippen LogP contribution in [0.25, 0.3) is 0 Å². The molecule has 0 aliphatic heterocycles. The molecule has 0 unspecified atom stereocenters. The van der Waals surface area contributed by atoms with Crippen molar-refractivity contribution in [2.45, 2.75) is 24.9 Å². The van der Waals surface area contributed by atoms with Gasteiger partial charge in [0, 0.05) is 6.08 Å². The fraction of sp³-hybridized carbons (Fsp3) is 0.333. The second kappa shape index (κ2) is 6.65. The molecule has 5 nitrogen and oxygen atoms in total. The van der Waals surface area contributed by atoms with Crippen LogP contribution in [-0.2, 0) is 9.59 Å². The molecule has 0 bridgehead atoms. The molecule has 0 rings (SSSR count). The molecule has 0 saturated heterocycles. The molecule has 0 aromatic heterocycles. The van der Waals surface area contributed by atoms with E-state index in [0.717, 1.165) is 6.08 Å². The van der Waals surface area contributed by atoms with Crippen LogP contribution < -0.4 is 0 Å². The van der Waals surface area contributed by atoms with Gasteiger partial charge in [0.05, 0.1) is 12.0 Å². The summed E-state index contributed by atoms with van der Waals surface area (Å²) in [6.07, 6.45) is 3.12. The lowest BCUT2D eigenvalue weighted by atomic mass is 9.84. The largest absolute Gasteiger partial charge is 0.481 e. The van der Waals surface area contributed by atoms with E-state index in [1.54, 1.807) is 0 Å². The first-order valence-electron chi connectivity index (χ1n) is 4.95. The quantitative estimate of drug-likeness (QED) is 0.440. The van der Waals surface area contributed by atoms with Crippen molar-refractivity contribution in [3.63, 3.8) is 0 Å². The van der Waals surface area contributed by atoms with Gasteiger partial charge in [0.15, 0.2) is 0 Å². The fourth-order valence-corrected chi connectivity index (χ4v) is 1.48. The normalized spacial score (nSPS) is 11.9. The molecule has 0 aliphatic rings. The Morgan fingerprint density at radius 2 is 1.59 bits per heavy atom. The molecule has 0 heterocycles. The molecular formula is C12H16O5. The molecule has 94 valence electrons. The minimum Gasteiger partial charge on any atom is -0.481 e. The molecule has 0 radical (unpaired) electrons. The molecule has 0 spiro atoms. The average molecular weight is 240 g/mol. The van der Waals surface area contributed by atoms with Crippen molar-refractivity contribution in [3.05, 3.63) is 37.0 Å². The van der Waals surface area contributed by atoms with Crippen LogP contribution in [-0.4, -0.2) is 32.9 Å². The Morgan fingerprint density at radius 3 is 1.88 bits per heavy atom. The second-order valence-corrected chi connectivity index (χ2v) is 3.60. The summed E-state index contributed by atoms with van der Waals surface area (Å²) in [4.78, 5) is 21.3. The van der Waals surface area contributed by atoms with Gasteiger partial charge in [-0.2, -0.15) is 0 Å². The van der Waals surface area contributed by atoms with E-state index in [-0.39, 0.29) is 18.4 Å². The van der Waals surface area contributed by atoms with Crippen LogP contribution in [0, 0.1) is 0 Å². The maximum absolute atomic E-state index is 10.6. The summed E-state index contributed by atoms with van der Waals surface area (Å²) >= 11 is 0. The van der Waals surface area contributed by atoms with Crippen molar-refractivity contribution < 1.29 is 24.9 Å². The zero-order valence-electron chi connectivity index (χ0n) is 9.43. The van der Waals surface area contributed by atoms with Gasteiger partial charge in [0.25, 0.3) is 0 Å². The Balaban J connectivity index is 5.33. The Morgan fingerprint density at radius 1 is 1.12 bits per heavy atom. The third kappa shape index (κ3) is 5.12. The van der Waals surface area contributed by atoms with Gasteiger partial charge < -0.3 is 15.3 Å². The Labute approximate surface area is 99.4 Å². The first-order chi connectivity index (χ1) is 7.85. The summed E-state index contributed by atoms with van der Waals surface area (Å²) < 4.78 is 0. The van der Waals surface area contributed by atoms with Gasteiger partial charge in [-0.15, -0.1) is 13.2 Å². The summed E-state index contributed by atoms with van der Waals surface area (Å²) in [6, 6.07) is 0. The molecule has 0 atom stereocenters. The topological polar surface area (TPSA) is 94.8 Å². The van der Waals surface area contributed by atoms with E-state index < -0.39 is 24.0 Å². The molecular weight excluding hydrogens is 224 g/mol. The molecule has 3 N–H and O–H groups in total. The highest BCUT2D eigenvalue weighted by Crippen LogP contribution is 2.28. The van der Waals surface area contributed by atoms with Crippen molar-refractivity contribution in [1.29, 1.82) is 0 Å². The van der Waals surface area contributed by atoms with Crippen molar-refractivity contribution >= 4 is 11.9 Å². The number of aliphatic hydroxyl groups is 1. The zero-order valence-corrected chi connectivity index (χ0v) is 9.43. The average Bonchev–Trinajstić information content (AvgIpc) is 2.15. The van der Waals surface area contributed by atoms with Crippen LogP contribution in [0.1, 0.15) is 19.3 Å². The number of hydrogen-bond donors (Lipinski definition) is 3. The predicted molar refractivity (Wildman–Crippen MR) is 62.5 cm³/mol. The molecule has 0 aromatic carbocycles. The van der Waals surface area contributed by atoms with Gasteiger partial charge in [-0.3, -0.25) is 4.79 Å². The molecule has 17 heavy (non-hydrogen) atoms. The summed E-state index contributed by atoms with van der Waals surface area (Å²) in [5.41, 5.74) is -1.63. The monoisotopic (exact) mass is 240 g/mol. The highest BCUT2D eigenvalue weighted by Gasteiger charge is 2.30. The lowest BCUT2D eigenvalue weighted by Crippen LogP contribution is -2.32. The number of rotatable bonds is 8. The van der Waals surface area contributed by atoms with E-state index in [2.05, 4.69) is 13.2 Å². The smallest absolute Gasteiger partial charge is 0.328 e. The summed E-state index contributed by atoms with van der Waals surface area (Å²) in [5.74, 6) is -2.50. The third-order valence-corrected chi connectivity index (χ3v) is 2.20. The van der Waals surface area contributed by atoms with E-state index in [1.807, 2.05) is 0 Å². The van der Waals surface area contributed by atoms with E-state index in [0.29, 0.717) is 0 Å². The molecule has 0 aromatic rings. The van der Waals surface area contributed by atoms with Crippen molar-refractivity contribution in [3.8, 4) is 0 Å². The second-order valence-electron chi connectivity index (χ2n) is 3.60. The minimum absolute atomic E-state index is 0.0609. The maximum Gasteiger partial charge on any atom is 0.328 e. The van der Waals surface area contributed by atoms with Crippen LogP contribution in [0.3, 0.4) is 0 Å². The highest BCUT2D eigenvalue weighted by atomic mass is 16.4. The first-order valence-corrected chi connectivity index (χ1v) is 4.95. The Bertz CT molecular complexity index is 344. The zero-order chi connectivity index (χ0) is 13.5. The first kappa shape index (κ1) is 15.1. The Hall–Kier alpha value is -1.88. The number of carboxylic acid groups (broad SMARTS) is 2. The predicted octanol–water partition coefficient (Wildman–Crippen LogP) is 1.36. The van der Waals surface area contributed by atoms with E-state index in [9.17, 15) is 14.7 Å². The molecule has 0 amide bonds. The third-order valence-electron chi connectivity index (χ3n) is 2.20. The van der Waals surface area contributed by atoms with Crippen LogP contribution in [0.2, 0.25) is 0 Å². The number of hydrogen-bond acceptors (Lipinski definition) is 3. The van der Waals surface area contributed by atoms with Gasteiger partial charge in [0.1, 0.15) is 0 Å². The maximum atomic E-state index is 10.6. The van der Waals surface area contributed by atoms with Gasteiger partial charge in [-0.1, -0.05) is 12.2 Å². The van der Waals surface area contributed by atoms with Crippen LogP contribution in [0.4, 0.5) is 0 Å². The minimum atomic E-state index is -1.56. The van der Waals surface area contributed by atoms with Gasteiger partial charge >= 0.3 is 11.9 Å². The van der Waals surface area contributed by atoms with E-state index in [4.69, 9.17) is 10.2 Å². The number of carboxylic acids is 2. The lowest BCUT2D eigenvalue weighted by molar-refractivity contribution is -0.136. The fourth-order valence-electron chi connectivity index (χ4n) is 1.48.